The first kappa shape index (κ1) is 10.4. The number of ether oxygens (including phenoxy) is 1. The third-order valence-corrected chi connectivity index (χ3v) is 3.83. The van der Waals surface area contributed by atoms with Crippen LogP contribution in [0.1, 0.15) is 39.0 Å². The maximum Gasteiger partial charge on any atom is 0.0480 e. The average Bonchev–Trinajstić information content (AvgIpc) is 2.30. The van der Waals surface area contributed by atoms with Gasteiger partial charge >= 0.3 is 0 Å². The fourth-order valence-corrected chi connectivity index (χ4v) is 2.81. The van der Waals surface area contributed by atoms with E-state index in [1.165, 1.54) is 45.2 Å². The maximum absolute atomic E-state index is 5.42. The fourth-order valence-electron chi connectivity index (χ4n) is 2.81. The summed E-state index contributed by atoms with van der Waals surface area (Å²) < 4.78 is 5.42. The largest absolute Gasteiger partial charge is 0.381 e. The van der Waals surface area contributed by atoms with Crippen LogP contribution in [-0.2, 0) is 4.74 Å². The second kappa shape index (κ2) is 5.13. The van der Waals surface area contributed by atoms with E-state index in [4.69, 9.17) is 4.74 Å². The summed E-state index contributed by atoms with van der Waals surface area (Å²) in [4.78, 5) is 2.72. The van der Waals surface area contributed by atoms with Crippen molar-refractivity contribution in [3.63, 3.8) is 0 Å². The Kier molecular flexibility index (Phi) is 3.82. The van der Waals surface area contributed by atoms with Gasteiger partial charge in [0, 0.05) is 25.8 Å². The molecule has 0 aliphatic carbocycles. The van der Waals surface area contributed by atoms with Crippen molar-refractivity contribution in [2.45, 2.75) is 45.1 Å². The van der Waals surface area contributed by atoms with E-state index in [9.17, 15) is 0 Å². The van der Waals surface area contributed by atoms with Crippen LogP contribution in [0.15, 0.2) is 0 Å². The van der Waals surface area contributed by atoms with Crippen LogP contribution in [0.25, 0.3) is 0 Å². The van der Waals surface area contributed by atoms with Crippen LogP contribution in [0.2, 0.25) is 0 Å². The molecule has 1 atom stereocenters. The van der Waals surface area contributed by atoms with E-state index in [-0.39, 0.29) is 0 Å². The highest BCUT2D eigenvalue weighted by atomic mass is 16.5. The van der Waals surface area contributed by atoms with Crippen LogP contribution in [0.5, 0.6) is 0 Å². The molecular weight excluding hydrogens is 174 g/mol. The molecular formula is C12H23NO. The Labute approximate surface area is 87.6 Å². The molecule has 0 radical (unpaired) electrons. The summed E-state index contributed by atoms with van der Waals surface area (Å²) in [6.07, 6.45) is 6.75. The summed E-state index contributed by atoms with van der Waals surface area (Å²) in [7, 11) is 0. The van der Waals surface area contributed by atoms with Crippen molar-refractivity contribution in [2.75, 3.05) is 26.3 Å². The van der Waals surface area contributed by atoms with Crippen LogP contribution in [-0.4, -0.2) is 37.2 Å². The van der Waals surface area contributed by atoms with Gasteiger partial charge in [-0.25, -0.2) is 0 Å². The van der Waals surface area contributed by atoms with Gasteiger partial charge in [-0.05, 0) is 38.1 Å². The predicted molar refractivity (Wildman–Crippen MR) is 58.4 cm³/mol. The van der Waals surface area contributed by atoms with Crippen molar-refractivity contribution < 1.29 is 4.74 Å². The van der Waals surface area contributed by atoms with Crippen LogP contribution in [0.3, 0.4) is 0 Å². The van der Waals surface area contributed by atoms with E-state index in [0.29, 0.717) is 0 Å². The van der Waals surface area contributed by atoms with Crippen molar-refractivity contribution >= 4 is 0 Å². The second-order valence-corrected chi connectivity index (χ2v) is 4.75. The zero-order valence-corrected chi connectivity index (χ0v) is 9.37. The molecule has 1 unspecified atom stereocenters. The van der Waals surface area contributed by atoms with Crippen molar-refractivity contribution in [2.24, 2.45) is 5.92 Å². The van der Waals surface area contributed by atoms with Gasteiger partial charge in [0.05, 0.1) is 0 Å². The molecule has 0 spiro atoms. The molecule has 2 nitrogen and oxygen atoms in total. The molecule has 2 aliphatic heterocycles. The van der Waals surface area contributed by atoms with E-state index in [1.807, 2.05) is 0 Å². The average molecular weight is 197 g/mol. The van der Waals surface area contributed by atoms with Crippen LogP contribution >= 0.6 is 0 Å². The third-order valence-electron chi connectivity index (χ3n) is 3.83. The van der Waals surface area contributed by atoms with Crippen molar-refractivity contribution in [1.82, 2.24) is 4.90 Å². The molecule has 0 aromatic rings. The highest BCUT2D eigenvalue weighted by Gasteiger charge is 2.26. The second-order valence-electron chi connectivity index (χ2n) is 4.75. The Bertz CT molecular complexity index is 166. The van der Waals surface area contributed by atoms with Crippen LogP contribution in [0.4, 0.5) is 0 Å². The molecule has 0 saturated carbocycles. The zero-order chi connectivity index (χ0) is 9.80. The first-order valence-electron chi connectivity index (χ1n) is 6.22. The molecule has 2 heteroatoms. The third kappa shape index (κ3) is 2.48. The molecule has 2 aliphatic rings. The Morgan fingerprint density at radius 1 is 1.21 bits per heavy atom. The minimum Gasteiger partial charge on any atom is -0.381 e. The molecule has 0 bridgehead atoms. The van der Waals surface area contributed by atoms with Crippen molar-refractivity contribution in [3.05, 3.63) is 0 Å². The van der Waals surface area contributed by atoms with Crippen LogP contribution < -0.4 is 0 Å². The lowest BCUT2D eigenvalue weighted by atomic mass is 9.93. The molecule has 0 aromatic carbocycles. The quantitative estimate of drug-likeness (QED) is 0.673. The van der Waals surface area contributed by atoms with Gasteiger partial charge in [0.25, 0.3) is 0 Å². The SMILES string of the molecule is CCC1CCCN(C2CCOCC2)C1. The van der Waals surface area contributed by atoms with Gasteiger partial charge in [-0.3, -0.25) is 4.90 Å². The standard InChI is InChI=1S/C12H23NO/c1-2-11-4-3-7-13(10-11)12-5-8-14-9-6-12/h11-12H,2-10H2,1H3. The van der Waals surface area contributed by atoms with E-state index >= 15 is 0 Å². The first-order valence-corrected chi connectivity index (χ1v) is 6.22. The molecule has 2 heterocycles. The number of hydrogen-bond donors (Lipinski definition) is 0. The van der Waals surface area contributed by atoms with E-state index < -0.39 is 0 Å². The van der Waals surface area contributed by atoms with Crippen LogP contribution in [0, 0.1) is 5.92 Å². The summed E-state index contributed by atoms with van der Waals surface area (Å²) in [6, 6.07) is 0.832. The van der Waals surface area contributed by atoms with Gasteiger partial charge in [0.1, 0.15) is 0 Å². The predicted octanol–water partition coefficient (Wildman–Crippen LogP) is 2.29. The summed E-state index contributed by atoms with van der Waals surface area (Å²) in [6.45, 7) is 6.98. The van der Waals surface area contributed by atoms with Crippen molar-refractivity contribution in [3.8, 4) is 0 Å². The Morgan fingerprint density at radius 3 is 2.71 bits per heavy atom. The molecule has 2 rings (SSSR count). The van der Waals surface area contributed by atoms with Crippen molar-refractivity contribution in [1.29, 1.82) is 0 Å². The molecule has 2 saturated heterocycles. The number of hydrogen-bond acceptors (Lipinski definition) is 2. The molecule has 14 heavy (non-hydrogen) atoms. The monoisotopic (exact) mass is 197 g/mol. The topological polar surface area (TPSA) is 12.5 Å². The van der Waals surface area contributed by atoms with Gasteiger partial charge in [-0.15, -0.1) is 0 Å². The number of rotatable bonds is 2. The number of piperidine rings is 1. The molecule has 0 amide bonds. The lowest BCUT2D eigenvalue weighted by Gasteiger charge is -2.39. The highest BCUT2D eigenvalue weighted by Crippen LogP contribution is 2.24. The zero-order valence-electron chi connectivity index (χ0n) is 9.37. The van der Waals surface area contributed by atoms with Gasteiger partial charge < -0.3 is 4.74 Å². The first-order chi connectivity index (χ1) is 6.90. The maximum atomic E-state index is 5.42. The number of nitrogens with zero attached hydrogens (tertiary/aromatic N) is 1. The summed E-state index contributed by atoms with van der Waals surface area (Å²) in [5.41, 5.74) is 0. The number of likely N-dealkylation sites (tertiary alicyclic amines) is 1. The van der Waals surface area contributed by atoms with Gasteiger partial charge in [-0.1, -0.05) is 13.3 Å². The normalized spacial score (nSPS) is 31.9. The van der Waals surface area contributed by atoms with Gasteiger partial charge in [0.15, 0.2) is 0 Å². The summed E-state index contributed by atoms with van der Waals surface area (Å²) in [5.74, 6) is 0.964. The fraction of sp³-hybridized carbons (Fsp3) is 1.00. The minimum atomic E-state index is 0.832. The molecule has 0 aromatic heterocycles. The Morgan fingerprint density at radius 2 is 2.00 bits per heavy atom. The van der Waals surface area contributed by atoms with Gasteiger partial charge in [-0.2, -0.15) is 0 Å². The van der Waals surface area contributed by atoms with E-state index in [0.717, 1.165) is 25.2 Å². The molecule has 2 fully saturated rings. The van der Waals surface area contributed by atoms with E-state index in [2.05, 4.69) is 11.8 Å². The lowest BCUT2D eigenvalue weighted by Crippen LogP contribution is -2.45. The van der Waals surface area contributed by atoms with Gasteiger partial charge in [0.2, 0.25) is 0 Å². The van der Waals surface area contributed by atoms with E-state index in [1.54, 1.807) is 0 Å². The lowest BCUT2D eigenvalue weighted by molar-refractivity contribution is 0.0174. The smallest absolute Gasteiger partial charge is 0.0480 e. The molecule has 0 N–H and O–H groups in total. The summed E-state index contributed by atoms with van der Waals surface area (Å²) >= 11 is 0. The molecule has 82 valence electrons. The summed E-state index contributed by atoms with van der Waals surface area (Å²) in [5, 5.41) is 0. The Balaban J connectivity index is 1.83. The highest BCUT2D eigenvalue weighted by molar-refractivity contribution is 4.80. The minimum absolute atomic E-state index is 0.832. The Hall–Kier alpha value is -0.0800.